The van der Waals surface area contributed by atoms with Crippen molar-refractivity contribution in [3.63, 3.8) is 0 Å². The van der Waals surface area contributed by atoms with Crippen LogP contribution in [0.3, 0.4) is 0 Å². The normalized spacial score (nSPS) is 27.5. The molecule has 9 N–H and O–H groups in total. The number of phosphoric acid groups is 2. The molecule has 30 heteroatoms. The molecular formula is C23H34BN11O15P3. The number of morpholine rings is 1. The molecule has 4 aromatic heterocycles. The van der Waals surface area contributed by atoms with Crippen molar-refractivity contribution in [2.24, 2.45) is 7.05 Å². The highest BCUT2D eigenvalue weighted by Gasteiger charge is 2.47. The molecule has 0 amide bonds. The molecule has 0 saturated carbocycles. The Morgan fingerprint density at radius 1 is 1.02 bits per heavy atom. The maximum absolute atomic E-state index is 12.8. The molecule has 0 aliphatic carbocycles. The zero-order valence-corrected chi connectivity index (χ0v) is 30.6. The van der Waals surface area contributed by atoms with E-state index in [1.54, 1.807) is 29.9 Å². The molecular weight excluding hydrogens is 774 g/mol. The molecule has 0 bridgehead atoms. The lowest BCUT2D eigenvalue weighted by Crippen LogP contribution is -2.54. The molecule has 26 nitrogen and oxygen atoms in total. The number of H-pyrrole nitrogens is 2. The molecule has 0 spiro atoms. The van der Waals surface area contributed by atoms with Crippen LogP contribution in [0, 0.1) is 0 Å². The van der Waals surface area contributed by atoms with Crippen molar-refractivity contribution in [1.29, 1.82) is 0 Å². The van der Waals surface area contributed by atoms with Gasteiger partial charge in [-0.15, -0.1) is 0 Å². The number of aromatic amines is 2. The van der Waals surface area contributed by atoms with Crippen molar-refractivity contribution < 1.29 is 65.0 Å². The molecule has 2 fully saturated rings. The number of anilines is 2. The number of hydrogen-bond acceptors (Lipinski definition) is 19. The van der Waals surface area contributed by atoms with Gasteiger partial charge < -0.3 is 52.7 Å². The zero-order chi connectivity index (χ0) is 38.6. The van der Waals surface area contributed by atoms with E-state index in [0.717, 1.165) is 0 Å². The molecule has 289 valence electrons. The van der Waals surface area contributed by atoms with Crippen molar-refractivity contribution in [3.8, 4) is 0 Å². The number of hydrogen-bond donors (Lipinski definition) is 7. The quantitative estimate of drug-likeness (QED) is 0.0417. The zero-order valence-electron chi connectivity index (χ0n) is 27.9. The summed E-state index contributed by atoms with van der Waals surface area (Å²) in [6, 6.07) is 0. The van der Waals surface area contributed by atoms with Crippen LogP contribution in [0.2, 0.25) is 0 Å². The lowest BCUT2D eigenvalue weighted by atomic mass is 10.1. The summed E-state index contributed by atoms with van der Waals surface area (Å²) in [5.41, 5.74) is 10.5. The van der Waals surface area contributed by atoms with Crippen molar-refractivity contribution >= 4 is 64.9 Å². The van der Waals surface area contributed by atoms with E-state index in [9.17, 15) is 38.2 Å². The van der Waals surface area contributed by atoms with Crippen molar-refractivity contribution in [1.82, 2.24) is 39.0 Å². The van der Waals surface area contributed by atoms with Gasteiger partial charge in [0, 0.05) is 13.7 Å². The Hall–Kier alpha value is -3.39. The number of phosphoric ester groups is 2. The number of methoxy groups -OCH3 is 1. The largest absolute Gasteiger partial charge is 0.476 e. The number of aryl methyl sites for hydroxylation is 1. The molecule has 6 heterocycles. The molecule has 6 rings (SSSR count). The van der Waals surface area contributed by atoms with Gasteiger partial charge >= 0.3 is 21.3 Å². The first kappa shape index (κ1) is 39.3. The number of nitrogens with one attached hydrogen (secondary N) is 2. The first-order chi connectivity index (χ1) is 24.8. The van der Waals surface area contributed by atoms with Crippen LogP contribution < -0.4 is 27.2 Å². The number of nitrogens with zero attached hydrogens (tertiary/aromatic N) is 7. The van der Waals surface area contributed by atoms with Gasteiger partial charge in [-0.3, -0.25) is 42.6 Å². The first-order valence-corrected chi connectivity index (χ1v) is 19.8. The minimum absolute atomic E-state index is 0.0218. The lowest BCUT2D eigenvalue weighted by Gasteiger charge is -2.35. The highest BCUT2D eigenvalue weighted by Crippen LogP contribution is 2.67. The maximum Gasteiger partial charge on any atom is 0.476 e. The van der Waals surface area contributed by atoms with Crippen LogP contribution >= 0.6 is 23.1 Å². The third-order valence-electron chi connectivity index (χ3n) is 8.00. The summed E-state index contributed by atoms with van der Waals surface area (Å²) in [4.78, 5) is 63.8. The van der Waals surface area contributed by atoms with Crippen LogP contribution in [-0.2, 0) is 52.6 Å². The summed E-state index contributed by atoms with van der Waals surface area (Å²) in [7, 11) is -6.28. The minimum Gasteiger partial charge on any atom is -0.442 e. The van der Waals surface area contributed by atoms with Gasteiger partial charge in [-0.25, -0.2) is 27.3 Å². The Kier molecular flexibility index (Phi) is 10.9. The van der Waals surface area contributed by atoms with Gasteiger partial charge in [0.15, 0.2) is 29.9 Å². The first-order valence-electron chi connectivity index (χ1n) is 15.2. The molecule has 0 aromatic carbocycles. The van der Waals surface area contributed by atoms with Gasteiger partial charge in [0.05, 0.1) is 46.7 Å². The lowest BCUT2D eigenvalue weighted by molar-refractivity contribution is -0.747. The Morgan fingerprint density at radius 3 is 2.34 bits per heavy atom. The van der Waals surface area contributed by atoms with E-state index < -0.39 is 84.3 Å². The number of fused-ring (bicyclic) bond motifs is 2. The SMILES string of the molecule is [B-]P(=O)(OP(=O)(O)OCC1CN(C)CC([n+]2cn(C)c3c(=O)[nH]c(N)nc32)O1)OP(=O)(O)OC[C@H]1O[C@@H](n2cnc3c(=O)[nH]c(N)nc32)[C@H](OC)[C@@H]1O. The maximum atomic E-state index is 12.8. The van der Waals surface area contributed by atoms with E-state index in [0.29, 0.717) is 6.54 Å². The van der Waals surface area contributed by atoms with E-state index in [4.69, 9.17) is 42.3 Å². The monoisotopic (exact) mass is 808 g/mol. The smallest absolute Gasteiger partial charge is 0.442 e. The number of nitrogens with two attached hydrogens (primary N) is 2. The molecule has 2 aliphatic rings. The Bertz CT molecular complexity index is 2290. The number of aliphatic hydroxyl groups is 1. The van der Waals surface area contributed by atoms with E-state index in [-0.39, 0.29) is 40.8 Å². The second-order valence-electron chi connectivity index (χ2n) is 12.0. The Morgan fingerprint density at radius 2 is 1.66 bits per heavy atom. The van der Waals surface area contributed by atoms with Gasteiger partial charge in [-0.05, 0) is 7.05 Å². The van der Waals surface area contributed by atoms with Crippen molar-refractivity contribution in [2.75, 3.05) is 51.9 Å². The van der Waals surface area contributed by atoms with E-state index in [1.807, 2.05) is 0 Å². The number of rotatable bonds is 13. The average molecular weight is 808 g/mol. The molecule has 3 radical (unpaired) electrons. The van der Waals surface area contributed by atoms with Crippen LogP contribution in [0.25, 0.3) is 22.3 Å². The average Bonchev–Trinajstić information content (AvgIpc) is 3.70. The fourth-order valence-corrected chi connectivity index (χ4v) is 9.64. The second kappa shape index (κ2) is 14.7. The van der Waals surface area contributed by atoms with Crippen LogP contribution in [0.15, 0.2) is 22.2 Å². The number of ether oxygens (including phenoxy) is 3. The number of nitrogen functional groups attached to an aromatic ring is 2. The van der Waals surface area contributed by atoms with Gasteiger partial charge in [-0.1, -0.05) is 4.98 Å². The number of aliphatic hydroxyl groups excluding tert-OH is 1. The highest BCUT2D eigenvalue weighted by molar-refractivity contribution is 7.86. The predicted octanol–water partition coefficient (Wildman–Crippen LogP) is -2.51. The fraction of sp³-hybridized carbons (Fsp3) is 0.565. The summed E-state index contributed by atoms with van der Waals surface area (Å²) in [5, 5.41) is 10.8. The molecule has 9 atom stereocenters. The summed E-state index contributed by atoms with van der Waals surface area (Å²) < 4.78 is 78.1. The minimum atomic E-state index is -5.46. The van der Waals surface area contributed by atoms with Crippen LogP contribution in [0.4, 0.5) is 11.9 Å². The summed E-state index contributed by atoms with van der Waals surface area (Å²) >= 11 is 0. The van der Waals surface area contributed by atoms with Crippen LogP contribution in [0.5, 0.6) is 0 Å². The van der Waals surface area contributed by atoms with Crippen molar-refractivity contribution in [3.05, 3.63) is 33.4 Å². The molecule has 2 aliphatic heterocycles. The Labute approximate surface area is 298 Å². The third kappa shape index (κ3) is 8.48. The van der Waals surface area contributed by atoms with Crippen LogP contribution in [-0.4, -0.2) is 126 Å². The van der Waals surface area contributed by atoms with Crippen LogP contribution in [0.1, 0.15) is 12.5 Å². The summed E-state index contributed by atoms with van der Waals surface area (Å²) in [6.45, 7) is -1.07. The third-order valence-corrected chi connectivity index (χ3v) is 12.4. The number of imidazole rings is 2. The van der Waals surface area contributed by atoms with Crippen molar-refractivity contribution in [2.45, 2.75) is 36.9 Å². The van der Waals surface area contributed by atoms with Gasteiger partial charge in [0.25, 0.3) is 17.1 Å². The second-order valence-corrected chi connectivity index (χ2v) is 16.7. The van der Waals surface area contributed by atoms with E-state index in [2.05, 4.69) is 33.5 Å². The van der Waals surface area contributed by atoms with E-state index in [1.165, 1.54) is 22.6 Å². The topological polar surface area (TPSA) is 350 Å². The number of likely N-dealkylation sites (N-methyl/N-ethyl adjacent to an activating group) is 1. The molecule has 53 heavy (non-hydrogen) atoms. The standard InChI is InChI=1S/C23H33BN11O15P3/c1-32-4-10(47-12(5-32)35-9-33(2)14-18(35)29-23(26)31-20(14)38)6-45-52(40,41)49-51(24,39)50-53(42,43)46-7-11-15(36)16(44-3)21(48-11)34-8-27-13-17(34)28-22(25)30-19(13)37/h8-12,15-16,21,36H,4-7H2,1-3H3,(H7-,25,26,28,29,30,31,37,38,40,41,42,43)/q-1/p+1/t10?,11-,12?,15-,16-,21-,51?/m1/s1. The number of aromatic nitrogens is 8. The summed E-state index contributed by atoms with van der Waals surface area (Å²) in [5.74, 6) is -0.359. The summed E-state index contributed by atoms with van der Waals surface area (Å²) in [6.07, 6.45) is -4.25. The fourth-order valence-electron chi connectivity index (χ4n) is 5.88. The van der Waals surface area contributed by atoms with E-state index >= 15 is 0 Å². The van der Waals surface area contributed by atoms with Gasteiger partial charge in [-0.2, -0.15) is 4.98 Å². The van der Waals surface area contributed by atoms with Gasteiger partial charge in [0.1, 0.15) is 18.3 Å². The molecule has 2 saturated heterocycles. The van der Waals surface area contributed by atoms with Gasteiger partial charge in [0.2, 0.25) is 11.5 Å². The Balaban J connectivity index is 1.05. The molecule has 5 unspecified atom stereocenters. The molecule has 4 aromatic rings. The predicted molar refractivity (Wildman–Crippen MR) is 178 cm³/mol. The highest BCUT2D eigenvalue weighted by atomic mass is 31.3.